The van der Waals surface area contributed by atoms with E-state index in [0.29, 0.717) is 5.16 Å². The average Bonchev–Trinajstić information content (AvgIpc) is 3.22. The molecular formula is C20H18BrN5OS. The van der Waals surface area contributed by atoms with Crippen LogP contribution >= 0.6 is 27.7 Å². The molecule has 28 heavy (non-hydrogen) atoms. The fraction of sp³-hybridized carbons (Fsp3) is 0.150. The van der Waals surface area contributed by atoms with Crippen LogP contribution in [-0.4, -0.2) is 31.4 Å². The van der Waals surface area contributed by atoms with Crippen molar-refractivity contribution >= 4 is 44.5 Å². The zero-order chi connectivity index (χ0) is 19.8. The van der Waals surface area contributed by atoms with E-state index in [0.717, 1.165) is 38.1 Å². The molecule has 4 rings (SSSR count). The Labute approximate surface area is 174 Å². The number of carbonyl (C=O) groups excluding carboxylic acids is 1. The Kier molecular flexibility index (Phi) is 4.99. The first-order valence-corrected chi connectivity index (χ1v) is 10.4. The number of primary amides is 1. The van der Waals surface area contributed by atoms with E-state index in [-0.39, 0.29) is 5.75 Å². The number of amides is 1. The summed E-state index contributed by atoms with van der Waals surface area (Å²) in [6.07, 6.45) is 0. The monoisotopic (exact) mass is 455 g/mol. The Hall–Kier alpha value is -2.58. The Morgan fingerprint density at radius 2 is 1.93 bits per heavy atom. The van der Waals surface area contributed by atoms with E-state index >= 15 is 0 Å². The molecule has 1 amide bonds. The first-order chi connectivity index (χ1) is 13.4. The molecule has 0 aliphatic carbocycles. The second-order valence-corrected chi connectivity index (χ2v) is 8.37. The van der Waals surface area contributed by atoms with Gasteiger partial charge in [0.2, 0.25) is 5.91 Å². The van der Waals surface area contributed by atoms with Crippen LogP contribution < -0.4 is 5.73 Å². The summed E-state index contributed by atoms with van der Waals surface area (Å²) in [5.74, 6) is 0.468. The lowest BCUT2D eigenvalue weighted by molar-refractivity contribution is -0.115. The molecule has 0 unspecified atom stereocenters. The summed E-state index contributed by atoms with van der Waals surface area (Å²) >= 11 is 4.75. The van der Waals surface area contributed by atoms with Crippen LogP contribution in [0.5, 0.6) is 0 Å². The minimum absolute atomic E-state index is 0.143. The molecule has 8 heteroatoms. The number of nitrogens with zero attached hydrogens (tertiary/aromatic N) is 3. The zero-order valence-electron chi connectivity index (χ0n) is 15.4. The molecule has 0 fully saturated rings. The number of aromatic amines is 1. The Morgan fingerprint density at radius 3 is 2.64 bits per heavy atom. The topological polar surface area (TPSA) is 89.6 Å². The van der Waals surface area contributed by atoms with Gasteiger partial charge in [-0.2, -0.15) is 0 Å². The van der Waals surface area contributed by atoms with Crippen molar-refractivity contribution in [3.63, 3.8) is 0 Å². The van der Waals surface area contributed by atoms with Gasteiger partial charge in [0.15, 0.2) is 11.0 Å². The number of benzene rings is 2. The Bertz CT molecular complexity index is 1180. The summed E-state index contributed by atoms with van der Waals surface area (Å²) in [7, 11) is 0. The van der Waals surface area contributed by atoms with Crippen molar-refractivity contribution in [1.29, 1.82) is 0 Å². The van der Waals surface area contributed by atoms with E-state index in [1.807, 2.05) is 34.9 Å². The van der Waals surface area contributed by atoms with Crippen molar-refractivity contribution in [2.24, 2.45) is 5.73 Å². The third-order valence-corrected chi connectivity index (χ3v) is 6.11. The van der Waals surface area contributed by atoms with Gasteiger partial charge in [0, 0.05) is 32.3 Å². The summed E-state index contributed by atoms with van der Waals surface area (Å²) in [6.45, 7) is 4.17. The minimum Gasteiger partial charge on any atom is -0.369 e. The standard InChI is InChI=1S/C20H18BrN5OS/c1-11-12(2)23-17-8-3-13(9-16(11)17)19-24-25-20(28-10-18(22)27)26(19)15-6-4-14(21)5-7-15/h3-9,23H,10H2,1-2H3,(H2,22,27). The number of rotatable bonds is 5. The average molecular weight is 456 g/mol. The lowest BCUT2D eigenvalue weighted by Gasteiger charge is -2.10. The Morgan fingerprint density at radius 1 is 1.18 bits per heavy atom. The van der Waals surface area contributed by atoms with Crippen molar-refractivity contribution < 1.29 is 4.79 Å². The number of nitrogens with one attached hydrogen (secondary N) is 1. The van der Waals surface area contributed by atoms with E-state index in [1.54, 1.807) is 0 Å². The SMILES string of the molecule is Cc1[nH]c2ccc(-c3nnc(SCC(N)=O)n3-c3ccc(Br)cc3)cc2c1C. The summed E-state index contributed by atoms with van der Waals surface area (Å²) in [5, 5.41) is 10.5. The van der Waals surface area contributed by atoms with Crippen LogP contribution in [0, 0.1) is 13.8 Å². The molecule has 2 aromatic heterocycles. The van der Waals surface area contributed by atoms with Gasteiger partial charge in [0.25, 0.3) is 0 Å². The molecule has 0 aliphatic rings. The van der Waals surface area contributed by atoms with Gasteiger partial charge in [-0.15, -0.1) is 10.2 Å². The number of nitrogens with two attached hydrogens (primary N) is 1. The first kappa shape index (κ1) is 18.8. The summed E-state index contributed by atoms with van der Waals surface area (Å²) in [4.78, 5) is 14.7. The van der Waals surface area contributed by atoms with Crippen molar-refractivity contribution in [3.05, 3.63) is 58.2 Å². The molecule has 6 nitrogen and oxygen atoms in total. The number of H-pyrrole nitrogens is 1. The molecule has 4 aromatic rings. The van der Waals surface area contributed by atoms with Gasteiger partial charge >= 0.3 is 0 Å². The number of thioether (sulfide) groups is 1. The molecule has 2 heterocycles. The predicted octanol–water partition coefficient (Wildman–Crippen LogP) is 4.37. The molecule has 0 aliphatic heterocycles. The van der Waals surface area contributed by atoms with Crippen LogP contribution in [0.3, 0.4) is 0 Å². The number of carbonyl (C=O) groups is 1. The van der Waals surface area contributed by atoms with E-state index in [9.17, 15) is 4.79 Å². The van der Waals surface area contributed by atoms with Gasteiger partial charge in [-0.3, -0.25) is 9.36 Å². The molecule has 0 atom stereocenters. The highest BCUT2D eigenvalue weighted by molar-refractivity contribution is 9.10. The van der Waals surface area contributed by atoms with Gasteiger partial charge in [-0.05, 0) is 61.9 Å². The molecule has 142 valence electrons. The molecule has 0 bridgehead atoms. The molecule has 0 radical (unpaired) electrons. The van der Waals surface area contributed by atoms with Crippen molar-refractivity contribution in [2.45, 2.75) is 19.0 Å². The number of aryl methyl sites for hydroxylation is 2. The fourth-order valence-corrected chi connectivity index (χ4v) is 4.06. The number of halogens is 1. The summed E-state index contributed by atoms with van der Waals surface area (Å²) in [5.41, 5.74) is 10.7. The predicted molar refractivity (Wildman–Crippen MR) is 116 cm³/mol. The molecule has 3 N–H and O–H groups in total. The van der Waals surface area contributed by atoms with Crippen LogP contribution in [0.2, 0.25) is 0 Å². The highest BCUT2D eigenvalue weighted by Crippen LogP contribution is 2.31. The van der Waals surface area contributed by atoms with E-state index in [1.165, 1.54) is 17.3 Å². The second kappa shape index (κ2) is 7.44. The number of fused-ring (bicyclic) bond motifs is 1. The van der Waals surface area contributed by atoms with Crippen LogP contribution in [0.25, 0.3) is 28.0 Å². The first-order valence-electron chi connectivity index (χ1n) is 8.66. The van der Waals surface area contributed by atoms with Gasteiger partial charge in [-0.1, -0.05) is 27.7 Å². The number of aromatic nitrogens is 4. The number of hydrogen-bond acceptors (Lipinski definition) is 4. The van der Waals surface area contributed by atoms with Gasteiger partial charge in [0.05, 0.1) is 5.75 Å². The maximum atomic E-state index is 11.3. The lowest BCUT2D eigenvalue weighted by Crippen LogP contribution is -2.13. The van der Waals surface area contributed by atoms with Crippen molar-refractivity contribution in [1.82, 2.24) is 19.7 Å². The highest BCUT2D eigenvalue weighted by atomic mass is 79.9. The third-order valence-electron chi connectivity index (χ3n) is 4.63. The zero-order valence-corrected chi connectivity index (χ0v) is 17.8. The number of hydrogen-bond donors (Lipinski definition) is 2. The minimum atomic E-state index is -0.392. The fourth-order valence-electron chi connectivity index (χ4n) is 3.11. The summed E-state index contributed by atoms with van der Waals surface area (Å²) < 4.78 is 2.94. The molecule has 0 saturated carbocycles. The smallest absolute Gasteiger partial charge is 0.227 e. The van der Waals surface area contributed by atoms with Crippen molar-refractivity contribution in [2.75, 3.05) is 5.75 Å². The highest BCUT2D eigenvalue weighted by Gasteiger charge is 2.18. The lowest BCUT2D eigenvalue weighted by atomic mass is 10.1. The van der Waals surface area contributed by atoms with Gasteiger partial charge < -0.3 is 10.7 Å². The van der Waals surface area contributed by atoms with Crippen LogP contribution in [-0.2, 0) is 4.79 Å². The molecule has 2 aromatic carbocycles. The van der Waals surface area contributed by atoms with Crippen LogP contribution in [0.15, 0.2) is 52.1 Å². The maximum absolute atomic E-state index is 11.3. The maximum Gasteiger partial charge on any atom is 0.227 e. The van der Waals surface area contributed by atoms with Gasteiger partial charge in [-0.25, -0.2) is 0 Å². The van der Waals surface area contributed by atoms with Crippen molar-refractivity contribution in [3.8, 4) is 17.1 Å². The van der Waals surface area contributed by atoms with E-state index < -0.39 is 5.91 Å². The molecule has 0 spiro atoms. The van der Waals surface area contributed by atoms with Crippen LogP contribution in [0.4, 0.5) is 0 Å². The molecule has 0 saturated heterocycles. The normalized spacial score (nSPS) is 11.2. The largest absolute Gasteiger partial charge is 0.369 e. The third kappa shape index (κ3) is 3.45. The Balaban J connectivity index is 1.87. The van der Waals surface area contributed by atoms with E-state index in [2.05, 4.69) is 57.1 Å². The van der Waals surface area contributed by atoms with Crippen LogP contribution in [0.1, 0.15) is 11.3 Å². The van der Waals surface area contributed by atoms with Gasteiger partial charge in [0.1, 0.15) is 0 Å². The molecular weight excluding hydrogens is 438 g/mol. The second-order valence-electron chi connectivity index (χ2n) is 6.51. The quantitative estimate of drug-likeness (QED) is 0.437. The van der Waals surface area contributed by atoms with E-state index in [4.69, 9.17) is 5.73 Å². The summed E-state index contributed by atoms with van der Waals surface area (Å²) in [6, 6.07) is 14.1.